The Hall–Kier alpha value is -1.92. The van der Waals surface area contributed by atoms with Crippen LogP contribution >= 0.6 is 0 Å². The van der Waals surface area contributed by atoms with Crippen LogP contribution in [-0.2, 0) is 24.2 Å². The summed E-state index contributed by atoms with van der Waals surface area (Å²) >= 11 is 0. The number of hydrogen-bond donors (Lipinski definition) is 1. The number of methoxy groups -OCH3 is 1. The maximum absolute atomic E-state index is 10.5. The number of nitrogens with zero attached hydrogens (tertiary/aromatic N) is 2. The Bertz CT molecular complexity index is 820. The third kappa shape index (κ3) is 6.53. The van der Waals surface area contributed by atoms with Crippen molar-refractivity contribution >= 4 is 0 Å². The van der Waals surface area contributed by atoms with Gasteiger partial charge in [0.2, 0.25) is 0 Å². The minimum atomic E-state index is -0.492. The van der Waals surface area contributed by atoms with Crippen LogP contribution < -0.4 is 4.74 Å². The van der Waals surface area contributed by atoms with E-state index in [4.69, 9.17) is 9.47 Å². The van der Waals surface area contributed by atoms with Crippen LogP contribution in [0.3, 0.4) is 0 Å². The fourth-order valence-electron chi connectivity index (χ4n) is 4.79. The maximum atomic E-state index is 10.5. The fourth-order valence-corrected chi connectivity index (χ4v) is 4.79. The molecule has 4 rings (SSSR count). The van der Waals surface area contributed by atoms with Crippen molar-refractivity contribution in [3.8, 4) is 5.75 Å². The smallest absolute Gasteiger partial charge is 0.119 e. The monoisotopic (exact) mass is 424 g/mol. The highest BCUT2D eigenvalue weighted by Crippen LogP contribution is 2.22. The van der Waals surface area contributed by atoms with Crippen molar-refractivity contribution in [1.29, 1.82) is 0 Å². The largest absolute Gasteiger partial charge is 0.491 e. The van der Waals surface area contributed by atoms with Crippen molar-refractivity contribution in [3.05, 3.63) is 65.2 Å². The van der Waals surface area contributed by atoms with Crippen molar-refractivity contribution in [2.24, 2.45) is 5.92 Å². The fraction of sp³-hybridized carbons (Fsp3) is 0.538. The molecule has 31 heavy (non-hydrogen) atoms. The quantitative estimate of drug-likeness (QED) is 0.669. The van der Waals surface area contributed by atoms with E-state index in [9.17, 15) is 5.11 Å². The Morgan fingerprint density at radius 3 is 2.61 bits per heavy atom. The predicted molar refractivity (Wildman–Crippen MR) is 123 cm³/mol. The van der Waals surface area contributed by atoms with E-state index in [0.717, 1.165) is 51.5 Å². The van der Waals surface area contributed by atoms with Gasteiger partial charge in [-0.05, 0) is 67.1 Å². The summed E-state index contributed by atoms with van der Waals surface area (Å²) in [6.45, 7) is 6.94. The lowest BCUT2D eigenvalue weighted by Crippen LogP contribution is -2.38. The summed E-state index contributed by atoms with van der Waals surface area (Å²) < 4.78 is 11.2. The third-order valence-electron chi connectivity index (χ3n) is 6.54. The standard InChI is InChI=1S/C26H36N2O3/c1-30-19-21-9-12-27(13-10-21)16-22-5-4-8-26(15-22)31-20-25(29)18-28-14-11-23-6-2-3-7-24(23)17-28/h2-8,15,21,25,29H,9-14,16-20H2,1H3. The van der Waals surface area contributed by atoms with Gasteiger partial charge in [-0.2, -0.15) is 0 Å². The van der Waals surface area contributed by atoms with Crippen LogP contribution in [0.5, 0.6) is 5.75 Å². The number of hydrogen-bond acceptors (Lipinski definition) is 5. The highest BCUT2D eigenvalue weighted by Gasteiger charge is 2.20. The molecule has 0 aliphatic carbocycles. The normalized spacial score (nSPS) is 19.2. The number of likely N-dealkylation sites (tertiary alicyclic amines) is 1. The first-order valence-electron chi connectivity index (χ1n) is 11.6. The minimum Gasteiger partial charge on any atom is -0.491 e. The summed E-state index contributed by atoms with van der Waals surface area (Å²) in [5.74, 6) is 1.54. The molecule has 2 aliphatic rings. The molecule has 1 unspecified atom stereocenters. The van der Waals surface area contributed by atoms with Gasteiger partial charge >= 0.3 is 0 Å². The minimum absolute atomic E-state index is 0.323. The molecule has 1 atom stereocenters. The van der Waals surface area contributed by atoms with E-state index in [1.165, 1.54) is 29.5 Å². The molecule has 2 aromatic carbocycles. The number of aliphatic hydroxyl groups is 1. The SMILES string of the molecule is COCC1CCN(Cc2cccc(OCC(O)CN3CCc4ccccc4C3)c2)CC1. The van der Waals surface area contributed by atoms with Gasteiger partial charge in [-0.1, -0.05) is 36.4 Å². The third-order valence-corrected chi connectivity index (χ3v) is 6.54. The Morgan fingerprint density at radius 1 is 1.00 bits per heavy atom. The van der Waals surface area contributed by atoms with Gasteiger partial charge in [-0.25, -0.2) is 0 Å². The van der Waals surface area contributed by atoms with Crippen molar-refractivity contribution in [3.63, 3.8) is 0 Å². The number of rotatable bonds is 9. The van der Waals surface area contributed by atoms with Crippen LogP contribution in [0.25, 0.3) is 0 Å². The average Bonchev–Trinajstić information content (AvgIpc) is 2.79. The molecule has 0 aromatic heterocycles. The molecular weight excluding hydrogens is 388 g/mol. The van der Waals surface area contributed by atoms with E-state index < -0.39 is 6.10 Å². The Kier molecular flexibility index (Phi) is 7.97. The first kappa shape index (κ1) is 22.3. The second-order valence-corrected chi connectivity index (χ2v) is 9.04. The summed E-state index contributed by atoms with van der Waals surface area (Å²) in [5.41, 5.74) is 4.08. The number of benzene rings is 2. The second kappa shape index (κ2) is 11.1. The van der Waals surface area contributed by atoms with Crippen molar-refractivity contribution in [2.75, 3.05) is 46.5 Å². The van der Waals surface area contributed by atoms with Gasteiger partial charge in [0, 0.05) is 39.9 Å². The summed E-state index contributed by atoms with van der Waals surface area (Å²) in [4.78, 5) is 4.83. The van der Waals surface area contributed by atoms with Crippen LogP contribution in [0.4, 0.5) is 0 Å². The molecule has 0 saturated carbocycles. The summed E-state index contributed by atoms with van der Waals surface area (Å²) in [6, 6.07) is 16.9. The number of piperidine rings is 1. The van der Waals surface area contributed by atoms with Crippen LogP contribution in [-0.4, -0.2) is 67.5 Å². The zero-order chi connectivity index (χ0) is 21.5. The first-order chi connectivity index (χ1) is 15.2. The topological polar surface area (TPSA) is 45.2 Å². The van der Waals surface area contributed by atoms with Gasteiger partial charge in [0.1, 0.15) is 18.5 Å². The lowest BCUT2D eigenvalue weighted by Gasteiger charge is -2.31. The molecule has 1 saturated heterocycles. The lowest BCUT2D eigenvalue weighted by atomic mass is 9.97. The summed E-state index contributed by atoms with van der Waals surface area (Å²) in [5, 5.41) is 10.5. The van der Waals surface area contributed by atoms with Crippen molar-refractivity contribution < 1.29 is 14.6 Å². The van der Waals surface area contributed by atoms with E-state index in [0.29, 0.717) is 19.1 Å². The summed E-state index contributed by atoms with van der Waals surface area (Å²) in [7, 11) is 1.79. The van der Waals surface area contributed by atoms with E-state index in [-0.39, 0.29) is 0 Å². The van der Waals surface area contributed by atoms with Crippen LogP contribution in [0.2, 0.25) is 0 Å². The van der Waals surface area contributed by atoms with E-state index in [1.807, 2.05) is 6.07 Å². The molecular formula is C26H36N2O3. The lowest BCUT2D eigenvalue weighted by molar-refractivity contribution is 0.0637. The zero-order valence-electron chi connectivity index (χ0n) is 18.7. The van der Waals surface area contributed by atoms with Crippen molar-refractivity contribution in [1.82, 2.24) is 9.80 Å². The van der Waals surface area contributed by atoms with Gasteiger partial charge in [-0.3, -0.25) is 9.80 Å². The molecule has 168 valence electrons. The molecule has 2 aliphatic heterocycles. The van der Waals surface area contributed by atoms with Gasteiger partial charge < -0.3 is 14.6 Å². The van der Waals surface area contributed by atoms with Crippen LogP contribution in [0.1, 0.15) is 29.5 Å². The highest BCUT2D eigenvalue weighted by atomic mass is 16.5. The molecule has 0 bridgehead atoms. The van der Waals surface area contributed by atoms with E-state index in [1.54, 1.807) is 7.11 Å². The number of fused-ring (bicyclic) bond motifs is 1. The van der Waals surface area contributed by atoms with Crippen LogP contribution in [0, 0.1) is 5.92 Å². The number of β-amino-alcohol motifs (C(OH)–C–C–N with tert-alkyl or cyclic N) is 1. The Labute approximate surface area is 186 Å². The molecule has 5 heteroatoms. The van der Waals surface area contributed by atoms with Gasteiger partial charge in [0.25, 0.3) is 0 Å². The molecule has 2 aromatic rings. The molecule has 1 fully saturated rings. The predicted octanol–water partition coefficient (Wildman–Crippen LogP) is 3.34. The number of ether oxygens (including phenoxy) is 2. The molecule has 0 amide bonds. The number of aliphatic hydroxyl groups excluding tert-OH is 1. The Balaban J connectivity index is 1.21. The van der Waals surface area contributed by atoms with E-state index >= 15 is 0 Å². The first-order valence-corrected chi connectivity index (χ1v) is 11.6. The highest BCUT2D eigenvalue weighted by molar-refractivity contribution is 5.29. The summed E-state index contributed by atoms with van der Waals surface area (Å²) in [6.07, 6.45) is 2.97. The average molecular weight is 425 g/mol. The molecule has 0 radical (unpaired) electrons. The molecule has 2 heterocycles. The maximum Gasteiger partial charge on any atom is 0.119 e. The van der Waals surface area contributed by atoms with Gasteiger partial charge in [0.15, 0.2) is 0 Å². The molecule has 1 N–H and O–H groups in total. The van der Waals surface area contributed by atoms with Crippen molar-refractivity contribution in [2.45, 2.75) is 38.5 Å². The molecule has 0 spiro atoms. The van der Waals surface area contributed by atoms with Gasteiger partial charge in [-0.15, -0.1) is 0 Å². The second-order valence-electron chi connectivity index (χ2n) is 9.04. The van der Waals surface area contributed by atoms with E-state index in [2.05, 4.69) is 52.3 Å². The van der Waals surface area contributed by atoms with Gasteiger partial charge in [0.05, 0.1) is 0 Å². The Morgan fingerprint density at radius 2 is 1.81 bits per heavy atom. The molecule has 5 nitrogen and oxygen atoms in total. The zero-order valence-corrected chi connectivity index (χ0v) is 18.7. The van der Waals surface area contributed by atoms with Crippen LogP contribution in [0.15, 0.2) is 48.5 Å².